The van der Waals surface area contributed by atoms with E-state index in [0.717, 1.165) is 22.4 Å². The summed E-state index contributed by atoms with van der Waals surface area (Å²) < 4.78 is 17.2. The smallest absolute Gasteiger partial charge is 0.256 e. The first-order chi connectivity index (χ1) is 18.1. The number of hydrogen-bond donors (Lipinski definition) is 1. The third-order valence-electron chi connectivity index (χ3n) is 7.27. The Morgan fingerprint density at radius 1 is 0.811 bits per heavy atom. The third-order valence-corrected chi connectivity index (χ3v) is 7.27. The molecule has 3 aliphatic rings. The lowest BCUT2D eigenvalue weighted by molar-refractivity contribution is -0.122. The van der Waals surface area contributed by atoms with Gasteiger partial charge in [0.2, 0.25) is 12.7 Å². The minimum Gasteiger partial charge on any atom is -0.491 e. The highest BCUT2D eigenvalue weighted by molar-refractivity contribution is 6.12. The highest BCUT2D eigenvalue weighted by Gasteiger charge is 2.57. The first-order valence-corrected chi connectivity index (χ1v) is 12.1. The zero-order valence-electron chi connectivity index (χ0n) is 19.8. The number of hydrogen-bond acceptors (Lipinski definition) is 5. The van der Waals surface area contributed by atoms with Crippen LogP contribution >= 0.6 is 0 Å². The second-order valence-electron chi connectivity index (χ2n) is 9.28. The molecule has 0 bridgehead atoms. The summed E-state index contributed by atoms with van der Waals surface area (Å²) in [6.45, 7) is 0.577. The minimum absolute atomic E-state index is 0.0930. The number of rotatable bonds is 4. The van der Waals surface area contributed by atoms with Crippen molar-refractivity contribution < 1.29 is 23.8 Å². The molecule has 3 heterocycles. The molecule has 3 aliphatic heterocycles. The van der Waals surface area contributed by atoms with E-state index in [-0.39, 0.29) is 31.8 Å². The van der Waals surface area contributed by atoms with Crippen LogP contribution in [-0.4, -0.2) is 25.2 Å². The summed E-state index contributed by atoms with van der Waals surface area (Å²) in [7, 11) is 0. The predicted octanol–water partition coefficient (Wildman–Crippen LogP) is 4.89. The van der Waals surface area contributed by atoms with Crippen molar-refractivity contribution in [2.75, 3.05) is 23.6 Å². The molecule has 0 radical (unpaired) electrons. The van der Waals surface area contributed by atoms with E-state index in [1.807, 2.05) is 78.9 Å². The molecular formula is C30H22N2O5. The number of carbonyl (C=O) groups is 2. The van der Waals surface area contributed by atoms with Gasteiger partial charge in [0.05, 0.1) is 6.54 Å². The van der Waals surface area contributed by atoms with Crippen molar-refractivity contribution in [3.63, 3.8) is 0 Å². The molecule has 1 N–H and O–H groups in total. The maximum Gasteiger partial charge on any atom is 0.256 e. The summed E-state index contributed by atoms with van der Waals surface area (Å²) in [6.07, 6.45) is 0. The zero-order chi connectivity index (χ0) is 25.0. The van der Waals surface area contributed by atoms with E-state index in [4.69, 9.17) is 14.2 Å². The minimum atomic E-state index is -0.992. The Hall–Kier alpha value is -4.78. The molecule has 0 saturated carbocycles. The average Bonchev–Trinajstić information content (AvgIpc) is 3.61. The fourth-order valence-electron chi connectivity index (χ4n) is 5.49. The van der Waals surface area contributed by atoms with Gasteiger partial charge in [-0.25, -0.2) is 0 Å². The summed E-state index contributed by atoms with van der Waals surface area (Å²) in [5.41, 5.74) is 3.44. The Labute approximate surface area is 213 Å². The van der Waals surface area contributed by atoms with Gasteiger partial charge in [-0.15, -0.1) is 0 Å². The summed E-state index contributed by atoms with van der Waals surface area (Å²) in [6, 6.07) is 28.1. The number of benzene rings is 4. The van der Waals surface area contributed by atoms with Gasteiger partial charge < -0.3 is 24.4 Å². The van der Waals surface area contributed by atoms with E-state index in [2.05, 4.69) is 5.32 Å². The quantitative estimate of drug-likeness (QED) is 0.441. The lowest BCUT2D eigenvalue weighted by atomic mass is 9.77. The molecule has 4 aromatic rings. The number of amides is 2. The van der Waals surface area contributed by atoms with E-state index in [1.165, 1.54) is 0 Å². The third kappa shape index (κ3) is 3.20. The zero-order valence-corrected chi connectivity index (χ0v) is 19.8. The molecule has 0 aromatic heterocycles. The molecule has 1 atom stereocenters. The van der Waals surface area contributed by atoms with Crippen molar-refractivity contribution >= 4 is 23.2 Å². The Bertz CT molecular complexity index is 1570. The van der Waals surface area contributed by atoms with Gasteiger partial charge in [0, 0.05) is 28.6 Å². The van der Waals surface area contributed by atoms with E-state index in [1.54, 1.807) is 17.0 Å². The second-order valence-corrected chi connectivity index (χ2v) is 9.28. The molecule has 0 saturated heterocycles. The molecule has 0 aliphatic carbocycles. The van der Waals surface area contributed by atoms with Gasteiger partial charge in [0.15, 0.2) is 11.5 Å². The monoisotopic (exact) mass is 490 g/mol. The summed E-state index contributed by atoms with van der Waals surface area (Å²) in [5, 5.41) is 2.95. The number of nitrogens with zero attached hydrogens (tertiary/aromatic N) is 1. The van der Waals surface area contributed by atoms with Gasteiger partial charge in [-0.05, 0) is 41.5 Å². The van der Waals surface area contributed by atoms with E-state index < -0.39 is 5.41 Å². The topological polar surface area (TPSA) is 77.1 Å². The maximum atomic E-state index is 14.3. The Morgan fingerprint density at radius 3 is 2.41 bits per heavy atom. The number of ether oxygens (including phenoxy) is 3. The lowest BCUT2D eigenvalue weighted by Crippen LogP contribution is -2.42. The van der Waals surface area contributed by atoms with Crippen LogP contribution in [0, 0.1) is 0 Å². The fraction of sp³-hybridized carbons (Fsp3) is 0.133. The van der Waals surface area contributed by atoms with Crippen molar-refractivity contribution in [3.05, 3.63) is 113 Å². The molecule has 182 valence electrons. The van der Waals surface area contributed by atoms with Crippen LogP contribution in [0.4, 0.5) is 11.4 Å². The van der Waals surface area contributed by atoms with Crippen LogP contribution in [0.15, 0.2) is 91.0 Å². The van der Waals surface area contributed by atoms with Crippen LogP contribution in [0.1, 0.15) is 27.0 Å². The molecule has 1 unspecified atom stereocenters. The molecule has 2 amide bonds. The summed E-state index contributed by atoms with van der Waals surface area (Å²) in [4.78, 5) is 29.3. The number of anilines is 2. The van der Waals surface area contributed by atoms with Crippen LogP contribution in [0.25, 0.3) is 0 Å². The largest absolute Gasteiger partial charge is 0.491 e. The number of para-hydroxylation sites is 2. The summed E-state index contributed by atoms with van der Waals surface area (Å²) >= 11 is 0. The van der Waals surface area contributed by atoms with Crippen LogP contribution in [0.3, 0.4) is 0 Å². The molecule has 1 spiro atoms. The van der Waals surface area contributed by atoms with Gasteiger partial charge in [0.1, 0.15) is 17.8 Å². The first kappa shape index (κ1) is 21.5. The maximum absolute atomic E-state index is 14.3. The van der Waals surface area contributed by atoms with Gasteiger partial charge >= 0.3 is 0 Å². The highest BCUT2D eigenvalue weighted by atomic mass is 16.7. The average molecular weight is 491 g/mol. The molecule has 7 rings (SSSR count). The predicted molar refractivity (Wildman–Crippen MR) is 137 cm³/mol. The van der Waals surface area contributed by atoms with Gasteiger partial charge in [-0.1, -0.05) is 54.6 Å². The number of nitrogens with one attached hydrogen (secondary N) is 1. The molecule has 0 fully saturated rings. The molecular weight excluding hydrogens is 468 g/mol. The number of fused-ring (bicyclic) bond motifs is 5. The van der Waals surface area contributed by atoms with Crippen molar-refractivity contribution in [3.8, 4) is 17.2 Å². The van der Waals surface area contributed by atoms with Crippen LogP contribution < -0.4 is 24.4 Å². The van der Waals surface area contributed by atoms with Crippen molar-refractivity contribution in [2.24, 2.45) is 0 Å². The second kappa shape index (κ2) is 8.13. The Kier molecular flexibility index (Phi) is 4.72. The van der Waals surface area contributed by atoms with E-state index in [0.29, 0.717) is 28.5 Å². The number of carbonyl (C=O) groups excluding carboxylic acids is 2. The van der Waals surface area contributed by atoms with Crippen molar-refractivity contribution in [1.29, 1.82) is 0 Å². The van der Waals surface area contributed by atoms with E-state index >= 15 is 0 Å². The van der Waals surface area contributed by atoms with E-state index in [9.17, 15) is 9.59 Å². The molecule has 37 heavy (non-hydrogen) atoms. The molecule has 4 aromatic carbocycles. The fourth-order valence-corrected chi connectivity index (χ4v) is 5.49. The van der Waals surface area contributed by atoms with Gasteiger partial charge in [-0.3, -0.25) is 9.59 Å². The summed E-state index contributed by atoms with van der Waals surface area (Å²) in [5.74, 6) is 1.53. The van der Waals surface area contributed by atoms with Gasteiger partial charge in [-0.2, -0.15) is 0 Å². The first-order valence-electron chi connectivity index (χ1n) is 12.1. The highest BCUT2D eigenvalue weighted by Crippen LogP contribution is 2.55. The van der Waals surface area contributed by atoms with Crippen LogP contribution in [0.5, 0.6) is 17.2 Å². The standard InChI is InChI=1S/C30H22N2O5/c33-28(31-20-9-2-1-3-10-20)21-11-5-4-8-19(21)16-32-24-13-7-6-12-22(24)30(29(32)34)17-35-25-15-27-26(14-23(25)30)36-18-37-27/h1-15H,16-18H2,(H,31,33). The molecule has 7 nitrogen and oxygen atoms in total. The normalized spacial score (nSPS) is 18.5. The van der Waals surface area contributed by atoms with Crippen molar-refractivity contribution in [2.45, 2.75) is 12.0 Å². The van der Waals surface area contributed by atoms with Crippen LogP contribution in [0.2, 0.25) is 0 Å². The van der Waals surface area contributed by atoms with Crippen LogP contribution in [-0.2, 0) is 16.8 Å². The Morgan fingerprint density at radius 2 is 1.54 bits per heavy atom. The SMILES string of the molecule is O=C(Nc1ccccc1)c1ccccc1CN1C(=O)C2(COc3cc4c(cc32)OCO4)c2ccccc21. The molecule has 7 heteroatoms. The Balaban J connectivity index is 1.27. The van der Waals surface area contributed by atoms with Crippen molar-refractivity contribution in [1.82, 2.24) is 0 Å². The van der Waals surface area contributed by atoms with Gasteiger partial charge in [0.25, 0.3) is 5.91 Å². The lowest BCUT2D eigenvalue weighted by Gasteiger charge is -2.24.